The third-order valence-corrected chi connectivity index (χ3v) is 3.85. The molecule has 0 saturated heterocycles. The molecule has 0 unspecified atom stereocenters. The largest absolute Gasteiger partial charge is 0.206 e. The molecule has 0 aliphatic heterocycles. The van der Waals surface area contributed by atoms with Gasteiger partial charge in [-0.25, -0.2) is 4.39 Å². The maximum atomic E-state index is 14.3. The number of rotatable bonds is 2. The van der Waals surface area contributed by atoms with Gasteiger partial charge >= 0.3 is 0 Å². The first kappa shape index (κ1) is 12.2. The summed E-state index contributed by atoms with van der Waals surface area (Å²) in [6.45, 7) is 4.21. The number of aryl methyl sites for hydroxylation is 2. The lowest BCUT2D eigenvalue weighted by Gasteiger charge is -2.08. The summed E-state index contributed by atoms with van der Waals surface area (Å²) in [5, 5.41) is 3.87. The lowest BCUT2D eigenvalue weighted by Crippen LogP contribution is -1.88. The van der Waals surface area contributed by atoms with Crippen LogP contribution in [0, 0.1) is 5.82 Å². The van der Waals surface area contributed by atoms with Gasteiger partial charge in [-0.1, -0.05) is 44.2 Å². The summed E-state index contributed by atoms with van der Waals surface area (Å²) in [6, 6.07) is 14.1. The smallest absolute Gasteiger partial charge is 0.131 e. The van der Waals surface area contributed by atoms with E-state index in [0.29, 0.717) is 0 Å². The molecule has 0 aliphatic carbocycles. The first-order valence-electron chi connectivity index (χ1n) is 6.86. The van der Waals surface area contributed by atoms with Crippen LogP contribution in [0.5, 0.6) is 0 Å². The van der Waals surface area contributed by atoms with Gasteiger partial charge in [0.05, 0.1) is 0 Å². The Kier molecular flexibility index (Phi) is 2.98. The van der Waals surface area contributed by atoms with Crippen molar-refractivity contribution in [2.75, 3.05) is 0 Å². The van der Waals surface area contributed by atoms with Crippen molar-refractivity contribution < 1.29 is 4.39 Å². The van der Waals surface area contributed by atoms with Crippen LogP contribution in [0.1, 0.15) is 25.0 Å². The van der Waals surface area contributed by atoms with E-state index in [0.717, 1.165) is 34.4 Å². The van der Waals surface area contributed by atoms with Crippen molar-refractivity contribution in [1.29, 1.82) is 0 Å². The number of hydrogen-bond acceptors (Lipinski definition) is 0. The van der Waals surface area contributed by atoms with E-state index < -0.39 is 0 Å². The van der Waals surface area contributed by atoms with Crippen LogP contribution < -0.4 is 0 Å². The monoisotopic (exact) mass is 252 g/mol. The zero-order valence-corrected chi connectivity index (χ0v) is 11.3. The van der Waals surface area contributed by atoms with Crippen molar-refractivity contribution in [2.45, 2.75) is 26.7 Å². The Bertz CT molecular complexity index is 756. The fraction of sp³-hybridized carbons (Fsp3) is 0.222. The lowest BCUT2D eigenvalue weighted by molar-refractivity contribution is 0.641. The highest BCUT2D eigenvalue weighted by atomic mass is 19.1. The van der Waals surface area contributed by atoms with Crippen molar-refractivity contribution in [1.82, 2.24) is 0 Å². The maximum Gasteiger partial charge on any atom is 0.131 e. The third kappa shape index (κ3) is 1.99. The predicted octanol–water partition coefficient (Wildman–Crippen LogP) is 5.26. The average molecular weight is 252 g/mol. The van der Waals surface area contributed by atoms with E-state index in [2.05, 4.69) is 38.1 Å². The van der Waals surface area contributed by atoms with Crippen LogP contribution in [0.15, 0.2) is 42.5 Å². The van der Waals surface area contributed by atoms with E-state index in [1.54, 1.807) is 6.07 Å². The van der Waals surface area contributed by atoms with Crippen molar-refractivity contribution in [3.63, 3.8) is 0 Å². The fourth-order valence-electron chi connectivity index (χ4n) is 2.65. The zero-order chi connectivity index (χ0) is 13.4. The second-order valence-electron chi connectivity index (χ2n) is 5.00. The standard InChI is InChI=1S/C18H17F/c1-3-12-5-7-15-14(9-12)11-18(19)17-10-13(4-2)6-8-16(15)17/h5-11H,3-4H2,1-2H3. The molecule has 3 rings (SSSR count). The van der Waals surface area contributed by atoms with Crippen LogP contribution in [0.3, 0.4) is 0 Å². The van der Waals surface area contributed by atoms with Gasteiger partial charge in [0, 0.05) is 5.39 Å². The molecule has 0 nitrogen and oxygen atoms in total. The minimum absolute atomic E-state index is 0.119. The molecular weight excluding hydrogens is 235 g/mol. The SMILES string of the molecule is CCc1ccc2c(c1)cc(F)c1cc(CC)ccc12. The minimum Gasteiger partial charge on any atom is -0.206 e. The molecule has 0 spiro atoms. The van der Waals surface area contributed by atoms with Crippen molar-refractivity contribution in [3.8, 4) is 0 Å². The van der Waals surface area contributed by atoms with Crippen molar-refractivity contribution in [2.24, 2.45) is 0 Å². The molecule has 0 atom stereocenters. The Morgan fingerprint density at radius 3 is 2.05 bits per heavy atom. The van der Waals surface area contributed by atoms with E-state index in [1.165, 1.54) is 11.1 Å². The highest BCUT2D eigenvalue weighted by Crippen LogP contribution is 2.29. The molecular formula is C18H17F. The van der Waals surface area contributed by atoms with E-state index >= 15 is 0 Å². The Morgan fingerprint density at radius 2 is 1.37 bits per heavy atom. The number of benzene rings is 3. The van der Waals surface area contributed by atoms with Crippen LogP contribution in [0.25, 0.3) is 21.5 Å². The van der Waals surface area contributed by atoms with E-state index in [1.807, 2.05) is 12.1 Å². The summed E-state index contributed by atoms with van der Waals surface area (Å²) in [5.41, 5.74) is 2.42. The molecule has 3 aromatic rings. The Balaban J connectivity index is 2.39. The summed E-state index contributed by atoms with van der Waals surface area (Å²) in [5.74, 6) is -0.119. The van der Waals surface area contributed by atoms with Crippen LogP contribution in [-0.4, -0.2) is 0 Å². The Morgan fingerprint density at radius 1 is 0.737 bits per heavy atom. The number of hydrogen-bond donors (Lipinski definition) is 0. The first-order valence-corrected chi connectivity index (χ1v) is 6.86. The average Bonchev–Trinajstić information content (AvgIpc) is 2.46. The number of halogens is 1. The molecule has 0 N–H and O–H groups in total. The molecule has 1 heteroatoms. The van der Waals surface area contributed by atoms with Gasteiger partial charge in [0.25, 0.3) is 0 Å². The van der Waals surface area contributed by atoms with Gasteiger partial charge in [-0.2, -0.15) is 0 Å². The summed E-state index contributed by atoms with van der Waals surface area (Å²) in [6.07, 6.45) is 1.91. The molecule has 3 aromatic carbocycles. The van der Waals surface area contributed by atoms with E-state index in [9.17, 15) is 4.39 Å². The summed E-state index contributed by atoms with van der Waals surface area (Å²) in [7, 11) is 0. The van der Waals surface area contributed by atoms with E-state index in [-0.39, 0.29) is 5.82 Å². The molecule has 0 radical (unpaired) electrons. The molecule has 0 aromatic heterocycles. The molecule has 19 heavy (non-hydrogen) atoms. The van der Waals surface area contributed by atoms with Gasteiger partial charge in [-0.15, -0.1) is 0 Å². The molecule has 0 fully saturated rings. The first-order chi connectivity index (χ1) is 9.22. The molecule has 0 bridgehead atoms. The third-order valence-electron chi connectivity index (χ3n) is 3.85. The Hall–Kier alpha value is -1.89. The molecule has 0 amide bonds. The topological polar surface area (TPSA) is 0 Å². The van der Waals surface area contributed by atoms with Crippen LogP contribution in [0.2, 0.25) is 0 Å². The molecule has 0 aliphatic rings. The van der Waals surface area contributed by atoms with Crippen LogP contribution in [-0.2, 0) is 12.8 Å². The van der Waals surface area contributed by atoms with Crippen LogP contribution in [0.4, 0.5) is 4.39 Å². The molecule has 0 heterocycles. The van der Waals surface area contributed by atoms with Gasteiger partial charge in [-0.3, -0.25) is 0 Å². The highest BCUT2D eigenvalue weighted by molar-refractivity contribution is 6.08. The molecule has 0 saturated carbocycles. The van der Waals surface area contributed by atoms with Crippen LogP contribution >= 0.6 is 0 Å². The molecule has 96 valence electrons. The predicted molar refractivity (Wildman–Crippen MR) is 80.2 cm³/mol. The van der Waals surface area contributed by atoms with Gasteiger partial charge in [-0.05, 0) is 52.3 Å². The maximum absolute atomic E-state index is 14.3. The van der Waals surface area contributed by atoms with E-state index in [4.69, 9.17) is 0 Å². The normalized spacial score (nSPS) is 11.3. The summed E-state index contributed by atoms with van der Waals surface area (Å²) in [4.78, 5) is 0. The van der Waals surface area contributed by atoms with Gasteiger partial charge in [0.2, 0.25) is 0 Å². The quantitative estimate of drug-likeness (QED) is 0.546. The van der Waals surface area contributed by atoms with Crippen molar-refractivity contribution >= 4 is 21.5 Å². The lowest BCUT2D eigenvalue weighted by atomic mass is 9.97. The van der Waals surface area contributed by atoms with Gasteiger partial charge in [0.1, 0.15) is 5.82 Å². The van der Waals surface area contributed by atoms with Crippen molar-refractivity contribution in [3.05, 3.63) is 59.4 Å². The Labute approximate surface area is 112 Å². The summed E-state index contributed by atoms with van der Waals surface area (Å²) >= 11 is 0. The minimum atomic E-state index is -0.119. The summed E-state index contributed by atoms with van der Waals surface area (Å²) < 4.78 is 14.3. The number of fused-ring (bicyclic) bond motifs is 3. The highest BCUT2D eigenvalue weighted by Gasteiger charge is 2.07. The zero-order valence-electron chi connectivity index (χ0n) is 11.3. The van der Waals surface area contributed by atoms with Gasteiger partial charge < -0.3 is 0 Å². The van der Waals surface area contributed by atoms with Gasteiger partial charge in [0.15, 0.2) is 0 Å². The fourth-order valence-corrected chi connectivity index (χ4v) is 2.65. The second kappa shape index (κ2) is 4.65. The second-order valence-corrected chi connectivity index (χ2v) is 5.00.